The van der Waals surface area contributed by atoms with Gasteiger partial charge in [-0.25, -0.2) is 8.42 Å². The lowest BCUT2D eigenvalue weighted by molar-refractivity contribution is 0.597. The van der Waals surface area contributed by atoms with Crippen LogP contribution in [0.1, 0.15) is 18.4 Å². The zero-order chi connectivity index (χ0) is 12.5. The van der Waals surface area contributed by atoms with Crippen molar-refractivity contribution in [3.63, 3.8) is 0 Å². The summed E-state index contributed by atoms with van der Waals surface area (Å²) in [6, 6.07) is 6.44. The third kappa shape index (κ3) is 3.11. The molecule has 0 spiro atoms. The van der Waals surface area contributed by atoms with Gasteiger partial charge >= 0.3 is 0 Å². The smallest absolute Gasteiger partial charge is 0.233 e. The fourth-order valence-corrected chi connectivity index (χ4v) is 3.09. The van der Waals surface area contributed by atoms with E-state index in [1.165, 1.54) is 18.2 Å². The SMILES string of the molecule is N#Cc1ccc(NS(=O)(=O)CC2CC2)c(N)c1. The number of sulfonamides is 1. The highest BCUT2D eigenvalue weighted by Crippen LogP contribution is 2.31. The van der Waals surface area contributed by atoms with E-state index in [2.05, 4.69) is 4.72 Å². The van der Waals surface area contributed by atoms with E-state index in [9.17, 15) is 8.42 Å². The van der Waals surface area contributed by atoms with Crippen molar-refractivity contribution < 1.29 is 8.42 Å². The van der Waals surface area contributed by atoms with Crippen LogP contribution in [0, 0.1) is 17.2 Å². The number of hydrogen-bond acceptors (Lipinski definition) is 4. The van der Waals surface area contributed by atoms with Gasteiger partial charge < -0.3 is 5.73 Å². The first kappa shape index (κ1) is 11.7. The van der Waals surface area contributed by atoms with Gasteiger partial charge in [0.2, 0.25) is 10.0 Å². The van der Waals surface area contributed by atoms with Crippen molar-refractivity contribution in [2.24, 2.45) is 5.92 Å². The van der Waals surface area contributed by atoms with E-state index in [1.54, 1.807) is 0 Å². The van der Waals surface area contributed by atoms with Crippen molar-refractivity contribution in [1.29, 1.82) is 5.26 Å². The van der Waals surface area contributed by atoms with Gasteiger partial charge in [0.05, 0.1) is 28.8 Å². The van der Waals surface area contributed by atoms with E-state index >= 15 is 0 Å². The van der Waals surface area contributed by atoms with Gasteiger partial charge in [-0.15, -0.1) is 0 Å². The lowest BCUT2D eigenvalue weighted by Crippen LogP contribution is -2.18. The summed E-state index contributed by atoms with van der Waals surface area (Å²) in [5, 5.41) is 8.67. The molecular formula is C11H13N3O2S. The lowest BCUT2D eigenvalue weighted by atomic mass is 10.2. The molecule has 0 aliphatic heterocycles. The Morgan fingerprint density at radius 3 is 2.71 bits per heavy atom. The van der Waals surface area contributed by atoms with Crippen LogP contribution >= 0.6 is 0 Å². The third-order valence-corrected chi connectivity index (χ3v) is 4.04. The van der Waals surface area contributed by atoms with Crippen LogP contribution < -0.4 is 10.5 Å². The fourth-order valence-electron chi connectivity index (χ4n) is 1.53. The summed E-state index contributed by atoms with van der Waals surface area (Å²) in [6.45, 7) is 0. The van der Waals surface area contributed by atoms with Gasteiger partial charge in [-0.2, -0.15) is 5.26 Å². The number of anilines is 2. The second-order valence-corrected chi connectivity index (χ2v) is 6.01. The molecule has 1 aromatic carbocycles. The first-order valence-corrected chi connectivity index (χ1v) is 6.95. The predicted octanol–water partition coefficient (Wildman–Crippen LogP) is 1.29. The van der Waals surface area contributed by atoms with E-state index in [-0.39, 0.29) is 17.4 Å². The average molecular weight is 251 g/mol. The van der Waals surface area contributed by atoms with E-state index in [0.29, 0.717) is 11.3 Å². The molecule has 2 rings (SSSR count). The standard InChI is InChI=1S/C11H13N3O2S/c12-6-9-3-4-11(10(13)5-9)14-17(15,16)7-8-1-2-8/h3-5,8,14H,1-2,7,13H2. The van der Waals surface area contributed by atoms with Crippen LogP contribution in [-0.4, -0.2) is 14.2 Å². The number of rotatable bonds is 4. The van der Waals surface area contributed by atoms with Gasteiger partial charge in [0.15, 0.2) is 0 Å². The molecule has 0 atom stereocenters. The summed E-state index contributed by atoms with van der Waals surface area (Å²) in [5.41, 5.74) is 6.69. The highest BCUT2D eigenvalue weighted by molar-refractivity contribution is 7.92. The van der Waals surface area contributed by atoms with Crippen LogP contribution in [0.4, 0.5) is 11.4 Å². The average Bonchev–Trinajstić information content (AvgIpc) is 3.04. The van der Waals surface area contributed by atoms with Crippen molar-refractivity contribution in [3.8, 4) is 6.07 Å². The summed E-state index contributed by atoms with van der Waals surface area (Å²) in [5.74, 6) is 0.430. The van der Waals surface area contributed by atoms with Crippen LogP contribution in [0.15, 0.2) is 18.2 Å². The zero-order valence-electron chi connectivity index (χ0n) is 9.18. The third-order valence-electron chi connectivity index (χ3n) is 2.60. The Kier molecular flexibility index (Phi) is 2.94. The van der Waals surface area contributed by atoms with Gasteiger partial charge in [0, 0.05) is 0 Å². The summed E-state index contributed by atoms with van der Waals surface area (Å²) in [6.07, 6.45) is 1.95. The molecule has 1 aromatic rings. The van der Waals surface area contributed by atoms with Crippen LogP contribution in [0.25, 0.3) is 0 Å². The topological polar surface area (TPSA) is 96.0 Å². The molecule has 0 heterocycles. The second kappa shape index (κ2) is 4.26. The molecule has 0 bridgehead atoms. The minimum Gasteiger partial charge on any atom is -0.397 e. The van der Waals surface area contributed by atoms with Crippen LogP contribution in [0.2, 0.25) is 0 Å². The largest absolute Gasteiger partial charge is 0.397 e. The van der Waals surface area contributed by atoms with Crippen molar-refractivity contribution in [3.05, 3.63) is 23.8 Å². The van der Waals surface area contributed by atoms with E-state index < -0.39 is 10.0 Å². The first-order chi connectivity index (χ1) is 8.00. The molecule has 0 unspecified atom stereocenters. The van der Waals surface area contributed by atoms with Crippen LogP contribution in [-0.2, 0) is 10.0 Å². The Bertz CT molecular complexity index is 571. The van der Waals surface area contributed by atoms with E-state index in [1.807, 2.05) is 6.07 Å². The minimum atomic E-state index is -3.33. The number of nitrogen functional groups attached to an aromatic ring is 1. The number of nitrogens with one attached hydrogen (secondary N) is 1. The lowest BCUT2D eigenvalue weighted by Gasteiger charge is -2.09. The van der Waals surface area contributed by atoms with E-state index in [4.69, 9.17) is 11.0 Å². The van der Waals surface area contributed by atoms with E-state index in [0.717, 1.165) is 12.8 Å². The van der Waals surface area contributed by atoms with Crippen molar-refractivity contribution in [2.75, 3.05) is 16.2 Å². The minimum absolute atomic E-state index is 0.145. The van der Waals surface area contributed by atoms with Gasteiger partial charge in [-0.05, 0) is 37.0 Å². The zero-order valence-corrected chi connectivity index (χ0v) is 10.00. The normalized spacial score (nSPS) is 15.2. The maximum Gasteiger partial charge on any atom is 0.233 e. The molecule has 17 heavy (non-hydrogen) atoms. The molecular weight excluding hydrogens is 238 g/mol. The van der Waals surface area contributed by atoms with Gasteiger partial charge in [0.25, 0.3) is 0 Å². The Balaban J connectivity index is 2.15. The number of nitrogens with zero attached hydrogens (tertiary/aromatic N) is 1. The maximum absolute atomic E-state index is 11.7. The summed E-state index contributed by atoms with van der Waals surface area (Å²) < 4.78 is 25.9. The molecule has 3 N–H and O–H groups in total. The molecule has 5 nitrogen and oxygen atoms in total. The molecule has 1 saturated carbocycles. The summed E-state index contributed by atoms with van der Waals surface area (Å²) >= 11 is 0. The van der Waals surface area contributed by atoms with Crippen molar-refractivity contribution in [1.82, 2.24) is 0 Å². The Morgan fingerprint density at radius 2 is 2.18 bits per heavy atom. The molecule has 0 saturated heterocycles. The number of benzene rings is 1. The Morgan fingerprint density at radius 1 is 1.47 bits per heavy atom. The molecule has 0 radical (unpaired) electrons. The molecule has 90 valence electrons. The second-order valence-electron chi connectivity index (χ2n) is 4.24. The van der Waals surface area contributed by atoms with Crippen LogP contribution in [0.5, 0.6) is 0 Å². The van der Waals surface area contributed by atoms with Crippen molar-refractivity contribution >= 4 is 21.4 Å². The Labute approximate surface area is 100 Å². The summed E-state index contributed by atoms with van der Waals surface area (Å²) in [4.78, 5) is 0. The molecule has 1 aliphatic rings. The monoisotopic (exact) mass is 251 g/mol. The molecule has 0 amide bonds. The number of nitrogens with two attached hydrogens (primary N) is 1. The molecule has 1 fully saturated rings. The predicted molar refractivity (Wildman–Crippen MR) is 65.7 cm³/mol. The molecule has 0 aromatic heterocycles. The van der Waals surface area contributed by atoms with Crippen molar-refractivity contribution in [2.45, 2.75) is 12.8 Å². The Hall–Kier alpha value is -1.74. The fraction of sp³-hybridized carbons (Fsp3) is 0.364. The molecule has 1 aliphatic carbocycles. The van der Waals surface area contributed by atoms with Gasteiger partial charge in [-0.1, -0.05) is 0 Å². The first-order valence-electron chi connectivity index (χ1n) is 5.30. The highest BCUT2D eigenvalue weighted by atomic mass is 32.2. The quantitative estimate of drug-likeness (QED) is 0.788. The maximum atomic E-state index is 11.7. The number of nitriles is 1. The summed E-state index contributed by atoms with van der Waals surface area (Å²) in [7, 11) is -3.33. The molecule has 6 heteroatoms. The number of hydrogen-bond donors (Lipinski definition) is 2. The van der Waals surface area contributed by atoms with Gasteiger partial charge in [-0.3, -0.25) is 4.72 Å². The highest BCUT2D eigenvalue weighted by Gasteiger charge is 2.28. The van der Waals surface area contributed by atoms with Gasteiger partial charge in [0.1, 0.15) is 0 Å². The van der Waals surface area contributed by atoms with Crippen LogP contribution in [0.3, 0.4) is 0 Å².